The smallest absolute Gasteiger partial charge is 0.295 e. The lowest BCUT2D eigenvalue weighted by Crippen LogP contribution is -2.23. The average molecular weight is 376 g/mol. The lowest BCUT2D eigenvalue weighted by atomic mass is 10.3. The van der Waals surface area contributed by atoms with Crippen molar-refractivity contribution in [2.75, 3.05) is 5.32 Å². The summed E-state index contributed by atoms with van der Waals surface area (Å²) in [5, 5.41) is 2.75. The molecule has 0 aliphatic carbocycles. The standard InChI is InChI=1S/C21H20N4O3/c1-14-20(21(27)25(24(14)2)15-8-4-3-5-9-15)23-18(26)12-13-19-22-16-10-6-7-11-17(16)28-19/h3-11H,12-13H2,1-2H3,(H,23,26). The zero-order valence-corrected chi connectivity index (χ0v) is 15.7. The first-order valence-electron chi connectivity index (χ1n) is 9.03. The van der Waals surface area contributed by atoms with Gasteiger partial charge in [0.1, 0.15) is 11.2 Å². The van der Waals surface area contributed by atoms with Crippen LogP contribution in [0.1, 0.15) is 18.0 Å². The molecule has 4 rings (SSSR count). The number of nitrogens with zero attached hydrogens (tertiary/aromatic N) is 3. The van der Waals surface area contributed by atoms with Gasteiger partial charge in [-0.15, -0.1) is 0 Å². The third-order valence-corrected chi connectivity index (χ3v) is 4.72. The number of aryl methyl sites for hydroxylation is 1. The summed E-state index contributed by atoms with van der Waals surface area (Å²) in [4.78, 5) is 29.6. The first kappa shape index (κ1) is 17.8. The number of carbonyl (C=O) groups excluding carboxylic acids is 1. The van der Waals surface area contributed by atoms with E-state index >= 15 is 0 Å². The fourth-order valence-corrected chi connectivity index (χ4v) is 3.16. The maximum atomic E-state index is 12.8. The Morgan fingerprint density at radius 2 is 1.82 bits per heavy atom. The summed E-state index contributed by atoms with van der Waals surface area (Å²) >= 11 is 0. The molecule has 0 bridgehead atoms. The summed E-state index contributed by atoms with van der Waals surface area (Å²) in [7, 11) is 1.79. The van der Waals surface area contributed by atoms with Crippen LogP contribution in [-0.4, -0.2) is 20.3 Å². The Kier molecular flexibility index (Phi) is 4.57. The Morgan fingerprint density at radius 1 is 1.11 bits per heavy atom. The summed E-state index contributed by atoms with van der Waals surface area (Å²) in [6, 6.07) is 16.8. The number of rotatable bonds is 5. The molecule has 2 aromatic heterocycles. The molecular weight excluding hydrogens is 356 g/mol. The summed E-state index contributed by atoms with van der Waals surface area (Å²) in [6.07, 6.45) is 0.533. The molecule has 28 heavy (non-hydrogen) atoms. The van der Waals surface area contributed by atoms with Gasteiger partial charge in [0.05, 0.1) is 11.4 Å². The van der Waals surface area contributed by atoms with Gasteiger partial charge in [-0.25, -0.2) is 9.67 Å². The highest BCUT2D eigenvalue weighted by Crippen LogP contribution is 2.17. The SMILES string of the molecule is Cc1c(NC(=O)CCc2nc3ccccc3o2)c(=O)n(-c2ccccc2)n1C. The molecule has 1 N–H and O–H groups in total. The molecule has 0 aliphatic heterocycles. The van der Waals surface area contributed by atoms with Crippen LogP contribution in [0.4, 0.5) is 5.69 Å². The number of amides is 1. The van der Waals surface area contributed by atoms with Crippen LogP contribution in [0, 0.1) is 6.92 Å². The first-order valence-corrected chi connectivity index (χ1v) is 9.03. The predicted octanol–water partition coefficient (Wildman–Crippen LogP) is 3.20. The van der Waals surface area contributed by atoms with Crippen LogP contribution in [0.3, 0.4) is 0 Å². The zero-order chi connectivity index (χ0) is 19.7. The Bertz CT molecular complexity index is 1170. The van der Waals surface area contributed by atoms with Crippen molar-refractivity contribution in [1.29, 1.82) is 0 Å². The maximum Gasteiger partial charge on any atom is 0.295 e. The van der Waals surface area contributed by atoms with Crippen molar-refractivity contribution in [3.63, 3.8) is 0 Å². The molecular formula is C21H20N4O3. The second-order valence-electron chi connectivity index (χ2n) is 6.56. The van der Waals surface area contributed by atoms with Gasteiger partial charge in [0.25, 0.3) is 5.56 Å². The molecule has 4 aromatic rings. The van der Waals surface area contributed by atoms with Gasteiger partial charge in [-0.2, -0.15) is 0 Å². The Balaban J connectivity index is 1.51. The Hall–Kier alpha value is -3.61. The molecule has 1 amide bonds. The third kappa shape index (κ3) is 3.22. The van der Waals surface area contributed by atoms with Crippen molar-refractivity contribution >= 4 is 22.7 Å². The lowest BCUT2D eigenvalue weighted by molar-refractivity contribution is -0.116. The molecule has 0 unspecified atom stereocenters. The predicted molar refractivity (Wildman–Crippen MR) is 107 cm³/mol. The molecule has 0 saturated heterocycles. The van der Waals surface area contributed by atoms with Crippen LogP contribution in [0.2, 0.25) is 0 Å². The number of para-hydroxylation sites is 3. The van der Waals surface area contributed by atoms with Crippen molar-refractivity contribution in [3.8, 4) is 5.69 Å². The van der Waals surface area contributed by atoms with E-state index in [2.05, 4.69) is 10.3 Å². The van der Waals surface area contributed by atoms with Crippen molar-refractivity contribution < 1.29 is 9.21 Å². The van der Waals surface area contributed by atoms with Crippen molar-refractivity contribution in [3.05, 3.63) is 76.5 Å². The molecule has 2 heterocycles. The van der Waals surface area contributed by atoms with E-state index in [0.29, 0.717) is 23.6 Å². The lowest BCUT2D eigenvalue weighted by Gasteiger charge is -2.07. The highest BCUT2D eigenvalue weighted by atomic mass is 16.3. The van der Waals surface area contributed by atoms with E-state index in [4.69, 9.17) is 4.42 Å². The minimum absolute atomic E-state index is 0.173. The number of hydrogen-bond acceptors (Lipinski definition) is 4. The molecule has 0 radical (unpaired) electrons. The molecule has 2 aromatic carbocycles. The highest BCUT2D eigenvalue weighted by molar-refractivity contribution is 5.91. The summed E-state index contributed by atoms with van der Waals surface area (Å²) < 4.78 is 8.90. The van der Waals surface area contributed by atoms with Crippen molar-refractivity contribution in [2.45, 2.75) is 19.8 Å². The molecule has 7 heteroatoms. The number of aromatic nitrogens is 3. The highest BCUT2D eigenvalue weighted by Gasteiger charge is 2.18. The minimum atomic E-state index is -0.263. The maximum absolute atomic E-state index is 12.8. The van der Waals surface area contributed by atoms with Gasteiger partial charge in [-0.05, 0) is 31.2 Å². The quantitative estimate of drug-likeness (QED) is 0.580. The molecule has 7 nitrogen and oxygen atoms in total. The van der Waals surface area contributed by atoms with Crippen LogP contribution in [0.5, 0.6) is 0 Å². The van der Waals surface area contributed by atoms with E-state index in [1.165, 1.54) is 4.68 Å². The van der Waals surface area contributed by atoms with E-state index in [1.54, 1.807) is 18.7 Å². The third-order valence-electron chi connectivity index (χ3n) is 4.72. The number of hydrogen-bond donors (Lipinski definition) is 1. The van der Waals surface area contributed by atoms with Gasteiger partial charge in [-0.1, -0.05) is 30.3 Å². The van der Waals surface area contributed by atoms with Crippen molar-refractivity contribution in [2.24, 2.45) is 7.05 Å². The fraction of sp³-hybridized carbons (Fsp3) is 0.190. The van der Waals surface area contributed by atoms with Crippen LogP contribution < -0.4 is 10.9 Å². The average Bonchev–Trinajstić information content (AvgIpc) is 3.21. The van der Waals surface area contributed by atoms with Crippen molar-refractivity contribution in [1.82, 2.24) is 14.3 Å². The molecule has 0 saturated carbocycles. The Morgan fingerprint density at radius 3 is 2.57 bits per heavy atom. The zero-order valence-electron chi connectivity index (χ0n) is 15.7. The van der Waals surface area contributed by atoms with E-state index in [0.717, 1.165) is 11.2 Å². The monoisotopic (exact) mass is 376 g/mol. The largest absolute Gasteiger partial charge is 0.441 e. The summed E-state index contributed by atoms with van der Waals surface area (Å²) in [6.45, 7) is 1.80. The molecule has 0 atom stereocenters. The second-order valence-corrected chi connectivity index (χ2v) is 6.56. The minimum Gasteiger partial charge on any atom is -0.441 e. The van der Waals surface area contributed by atoms with Crippen LogP contribution in [0.15, 0.2) is 63.8 Å². The van der Waals surface area contributed by atoms with Gasteiger partial charge in [0.15, 0.2) is 11.5 Å². The second kappa shape index (κ2) is 7.19. The molecule has 0 aliphatic rings. The Labute approximate surface area is 161 Å². The summed E-state index contributed by atoms with van der Waals surface area (Å²) in [5.74, 6) is 0.246. The van der Waals surface area contributed by atoms with E-state index in [9.17, 15) is 9.59 Å². The molecule has 0 fully saturated rings. The number of benzene rings is 2. The summed E-state index contributed by atoms with van der Waals surface area (Å²) in [5.41, 5.74) is 2.91. The number of nitrogens with one attached hydrogen (secondary N) is 1. The van der Waals surface area contributed by atoms with Crippen LogP contribution in [0.25, 0.3) is 16.8 Å². The van der Waals surface area contributed by atoms with E-state index < -0.39 is 0 Å². The topological polar surface area (TPSA) is 82.1 Å². The van der Waals surface area contributed by atoms with Gasteiger partial charge >= 0.3 is 0 Å². The number of oxazole rings is 1. The van der Waals surface area contributed by atoms with Crippen LogP contribution in [-0.2, 0) is 18.3 Å². The first-order chi connectivity index (χ1) is 13.5. The van der Waals surface area contributed by atoms with Gasteiger partial charge < -0.3 is 9.73 Å². The van der Waals surface area contributed by atoms with E-state index in [1.807, 2.05) is 54.6 Å². The van der Waals surface area contributed by atoms with Gasteiger partial charge in [0.2, 0.25) is 5.91 Å². The van der Waals surface area contributed by atoms with Crippen LogP contribution >= 0.6 is 0 Å². The number of carbonyl (C=O) groups is 1. The van der Waals surface area contributed by atoms with E-state index in [-0.39, 0.29) is 23.6 Å². The molecule has 142 valence electrons. The fourth-order valence-electron chi connectivity index (χ4n) is 3.16. The molecule has 0 spiro atoms. The van der Waals surface area contributed by atoms with Gasteiger partial charge in [-0.3, -0.25) is 14.3 Å². The number of fused-ring (bicyclic) bond motifs is 1. The normalized spacial score (nSPS) is 11.1. The van der Waals surface area contributed by atoms with Gasteiger partial charge in [0, 0.05) is 19.9 Å². The number of anilines is 1.